The van der Waals surface area contributed by atoms with E-state index in [9.17, 15) is 14.7 Å². The number of para-hydroxylation sites is 1. The predicted molar refractivity (Wildman–Crippen MR) is 130 cm³/mol. The Morgan fingerprint density at radius 3 is 2.26 bits per heavy atom. The average Bonchev–Trinajstić information content (AvgIpc) is 2.85. The maximum Gasteiger partial charge on any atom is 0.337 e. The minimum atomic E-state index is -1.08. The second-order valence-electron chi connectivity index (χ2n) is 8.25. The van der Waals surface area contributed by atoms with Gasteiger partial charge in [-0.15, -0.1) is 0 Å². The van der Waals surface area contributed by atoms with Crippen LogP contribution in [0.5, 0.6) is 17.2 Å². The number of nitrogens with one attached hydrogen (secondary N) is 2. The molecule has 0 aromatic heterocycles. The lowest BCUT2D eigenvalue weighted by Crippen LogP contribution is -2.38. The Kier molecular flexibility index (Phi) is 7.78. The molecule has 1 heterocycles. The number of anilines is 1. The van der Waals surface area contributed by atoms with Crippen molar-refractivity contribution >= 4 is 17.6 Å². The van der Waals surface area contributed by atoms with Gasteiger partial charge in [0.2, 0.25) is 5.91 Å². The Labute approximate surface area is 198 Å². The second-order valence-corrected chi connectivity index (χ2v) is 8.25. The molecule has 3 N–H and O–H groups in total. The number of ether oxygens (including phenoxy) is 2. The van der Waals surface area contributed by atoms with Crippen LogP contribution in [-0.2, 0) is 11.2 Å². The maximum atomic E-state index is 12.4. The summed E-state index contributed by atoms with van der Waals surface area (Å²) in [6, 6.07) is 21.5. The molecule has 0 saturated carbocycles. The van der Waals surface area contributed by atoms with E-state index < -0.39 is 5.97 Å². The summed E-state index contributed by atoms with van der Waals surface area (Å²) in [7, 11) is 0. The lowest BCUT2D eigenvalue weighted by atomic mass is 10.1. The molecule has 1 fully saturated rings. The molecule has 0 radical (unpaired) electrons. The third-order valence-electron chi connectivity index (χ3n) is 5.64. The van der Waals surface area contributed by atoms with Gasteiger partial charge in [0.1, 0.15) is 23.9 Å². The fraction of sp³-hybridized carbons (Fsp3) is 0.259. The Bertz CT molecular complexity index is 1110. The third-order valence-corrected chi connectivity index (χ3v) is 5.64. The van der Waals surface area contributed by atoms with Gasteiger partial charge < -0.3 is 25.2 Å². The van der Waals surface area contributed by atoms with Gasteiger partial charge in [-0.2, -0.15) is 0 Å². The van der Waals surface area contributed by atoms with Gasteiger partial charge in [-0.05, 0) is 73.5 Å². The van der Waals surface area contributed by atoms with Crippen molar-refractivity contribution in [2.24, 2.45) is 0 Å². The molecule has 1 saturated heterocycles. The first-order valence-electron chi connectivity index (χ1n) is 11.4. The van der Waals surface area contributed by atoms with Crippen molar-refractivity contribution in [1.29, 1.82) is 0 Å². The van der Waals surface area contributed by atoms with Crippen LogP contribution in [0.1, 0.15) is 35.2 Å². The van der Waals surface area contributed by atoms with Gasteiger partial charge in [0.05, 0.1) is 17.7 Å². The van der Waals surface area contributed by atoms with E-state index in [1.54, 1.807) is 30.3 Å². The summed E-state index contributed by atoms with van der Waals surface area (Å²) in [5.74, 6) is 0.782. The molecular formula is C27H28N2O5. The fourth-order valence-electron chi connectivity index (χ4n) is 3.84. The molecule has 1 unspecified atom stereocenters. The van der Waals surface area contributed by atoms with Crippen LogP contribution >= 0.6 is 0 Å². The van der Waals surface area contributed by atoms with Crippen LogP contribution in [0, 0.1) is 0 Å². The molecule has 1 aliphatic rings. The Morgan fingerprint density at radius 1 is 0.912 bits per heavy atom. The molecule has 0 aliphatic carbocycles. The van der Waals surface area contributed by atoms with E-state index >= 15 is 0 Å². The summed E-state index contributed by atoms with van der Waals surface area (Å²) in [6.07, 6.45) is 3.75. The number of rotatable bonds is 9. The normalized spacial score (nSPS) is 15.4. The third kappa shape index (κ3) is 6.59. The number of carbonyl (C=O) groups is 2. The molecule has 176 valence electrons. The number of benzene rings is 3. The van der Waals surface area contributed by atoms with E-state index in [4.69, 9.17) is 9.47 Å². The highest BCUT2D eigenvalue weighted by molar-refractivity contribution is 6.00. The first-order chi connectivity index (χ1) is 16.6. The molecule has 0 bridgehead atoms. The molecule has 3 aromatic rings. The number of aromatic carboxylic acids is 1. The van der Waals surface area contributed by atoms with Crippen LogP contribution in [0.2, 0.25) is 0 Å². The minimum absolute atomic E-state index is 0.0571. The SMILES string of the molecule is O=C(Cc1ccc(Oc2ccc(OCC3CCCCN3)cc2)cc1)Nc1ccccc1C(=O)O. The first-order valence-corrected chi connectivity index (χ1v) is 11.4. The highest BCUT2D eigenvalue weighted by atomic mass is 16.5. The van der Waals surface area contributed by atoms with Crippen molar-refractivity contribution in [2.45, 2.75) is 31.7 Å². The van der Waals surface area contributed by atoms with Gasteiger partial charge >= 0.3 is 5.97 Å². The highest BCUT2D eigenvalue weighted by Gasteiger charge is 2.14. The van der Waals surface area contributed by atoms with Crippen molar-refractivity contribution in [3.63, 3.8) is 0 Å². The van der Waals surface area contributed by atoms with Gasteiger partial charge in [0, 0.05) is 6.04 Å². The first kappa shape index (κ1) is 23.3. The molecule has 1 atom stereocenters. The van der Waals surface area contributed by atoms with Crippen LogP contribution in [0.25, 0.3) is 0 Å². The molecule has 34 heavy (non-hydrogen) atoms. The Balaban J connectivity index is 1.27. The van der Waals surface area contributed by atoms with E-state index in [-0.39, 0.29) is 23.6 Å². The molecule has 1 amide bonds. The largest absolute Gasteiger partial charge is 0.492 e. The van der Waals surface area contributed by atoms with Gasteiger partial charge in [-0.3, -0.25) is 4.79 Å². The van der Waals surface area contributed by atoms with Crippen molar-refractivity contribution < 1.29 is 24.2 Å². The van der Waals surface area contributed by atoms with Gasteiger partial charge in [0.25, 0.3) is 0 Å². The second kappa shape index (κ2) is 11.3. The minimum Gasteiger partial charge on any atom is -0.492 e. The molecule has 1 aliphatic heterocycles. The molecule has 7 heteroatoms. The van der Waals surface area contributed by atoms with E-state index in [0.717, 1.165) is 24.3 Å². The fourth-order valence-corrected chi connectivity index (χ4v) is 3.84. The van der Waals surface area contributed by atoms with Crippen molar-refractivity contribution in [3.8, 4) is 17.2 Å². The van der Waals surface area contributed by atoms with E-state index in [0.29, 0.717) is 24.1 Å². The number of amides is 1. The zero-order valence-corrected chi connectivity index (χ0v) is 18.8. The van der Waals surface area contributed by atoms with Gasteiger partial charge in [-0.25, -0.2) is 4.79 Å². The van der Waals surface area contributed by atoms with Crippen molar-refractivity contribution in [3.05, 3.63) is 83.9 Å². The van der Waals surface area contributed by atoms with Crippen LogP contribution in [0.3, 0.4) is 0 Å². The van der Waals surface area contributed by atoms with Crippen LogP contribution < -0.4 is 20.1 Å². The maximum absolute atomic E-state index is 12.4. The smallest absolute Gasteiger partial charge is 0.337 e. The summed E-state index contributed by atoms with van der Waals surface area (Å²) in [6.45, 7) is 1.72. The standard InChI is InChI=1S/C27H28N2O5/c30-26(29-25-7-2-1-6-24(25)27(31)32)17-19-8-10-22(11-9-19)34-23-14-12-21(13-15-23)33-18-20-5-3-4-16-28-20/h1-2,6-15,20,28H,3-5,16-18H2,(H,29,30)(H,31,32). The van der Waals surface area contributed by atoms with Gasteiger partial charge in [0.15, 0.2) is 0 Å². The van der Waals surface area contributed by atoms with Gasteiger partial charge in [-0.1, -0.05) is 30.7 Å². The molecular weight excluding hydrogens is 432 g/mol. The summed E-state index contributed by atoms with van der Waals surface area (Å²) in [5, 5.41) is 15.4. The lowest BCUT2D eigenvalue weighted by molar-refractivity contribution is -0.115. The molecule has 3 aromatic carbocycles. The molecule has 4 rings (SSSR count). The number of carboxylic acids is 1. The predicted octanol–water partition coefficient (Wildman–Crippen LogP) is 4.88. The van der Waals surface area contributed by atoms with E-state index in [1.807, 2.05) is 36.4 Å². The van der Waals surface area contributed by atoms with E-state index in [2.05, 4.69) is 10.6 Å². The Hall–Kier alpha value is -3.84. The topological polar surface area (TPSA) is 96.9 Å². The highest BCUT2D eigenvalue weighted by Crippen LogP contribution is 2.25. The monoisotopic (exact) mass is 460 g/mol. The zero-order chi connectivity index (χ0) is 23.8. The molecule has 0 spiro atoms. The summed E-state index contributed by atoms with van der Waals surface area (Å²) in [5.41, 5.74) is 1.13. The lowest BCUT2D eigenvalue weighted by Gasteiger charge is -2.23. The summed E-state index contributed by atoms with van der Waals surface area (Å²) >= 11 is 0. The number of hydrogen-bond donors (Lipinski definition) is 3. The summed E-state index contributed by atoms with van der Waals surface area (Å²) in [4.78, 5) is 23.7. The average molecular weight is 461 g/mol. The number of piperidine rings is 1. The van der Waals surface area contributed by atoms with Crippen LogP contribution in [0.4, 0.5) is 5.69 Å². The molecule has 7 nitrogen and oxygen atoms in total. The number of carboxylic acid groups (broad SMARTS) is 1. The van der Waals surface area contributed by atoms with Crippen molar-refractivity contribution in [1.82, 2.24) is 5.32 Å². The quantitative estimate of drug-likeness (QED) is 0.421. The van der Waals surface area contributed by atoms with Crippen LogP contribution in [-0.4, -0.2) is 36.2 Å². The number of carbonyl (C=O) groups excluding carboxylic acids is 1. The number of hydrogen-bond acceptors (Lipinski definition) is 5. The summed E-state index contributed by atoms with van der Waals surface area (Å²) < 4.78 is 11.8. The zero-order valence-electron chi connectivity index (χ0n) is 18.8. The van der Waals surface area contributed by atoms with E-state index in [1.165, 1.54) is 18.9 Å². The van der Waals surface area contributed by atoms with Crippen LogP contribution in [0.15, 0.2) is 72.8 Å². The Morgan fingerprint density at radius 2 is 1.59 bits per heavy atom. The van der Waals surface area contributed by atoms with Crippen molar-refractivity contribution in [2.75, 3.05) is 18.5 Å².